The highest BCUT2D eigenvalue weighted by Crippen LogP contribution is 2.23. The minimum atomic E-state index is -3.50. The fourth-order valence-corrected chi connectivity index (χ4v) is 3.19. The maximum absolute atomic E-state index is 12.7. The molecule has 1 heterocycles. The number of carbonyl (C=O) groups is 2. The first-order valence-corrected chi connectivity index (χ1v) is 9.11. The van der Waals surface area contributed by atoms with E-state index in [0.717, 1.165) is 0 Å². The van der Waals surface area contributed by atoms with Gasteiger partial charge in [0.05, 0.1) is 22.9 Å². The first-order valence-electron chi connectivity index (χ1n) is 7.45. The summed E-state index contributed by atoms with van der Waals surface area (Å²) in [4.78, 5) is 25.3. The van der Waals surface area contributed by atoms with Crippen LogP contribution < -0.4 is 4.72 Å². The summed E-state index contributed by atoms with van der Waals surface area (Å²) in [6.45, 7) is 2.12. The summed E-state index contributed by atoms with van der Waals surface area (Å²) in [7, 11) is -3.50. The Morgan fingerprint density at radius 2 is 2.04 bits per heavy atom. The average molecular weight is 340 g/mol. The molecule has 0 radical (unpaired) electrons. The molecular formula is C15H20N2O5S. The zero-order valence-corrected chi connectivity index (χ0v) is 13.7. The monoisotopic (exact) mass is 340 g/mol. The standard InChI is InChI=1S/C15H20N2O5S/c1-2-23(21,22)16-13-8-4-3-7-12(13)14(18)17-9-5-6-11(10-17)15(19)20/h3-4,7-8,11,16H,2,5-6,9-10H2,1H3,(H,19,20). The summed E-state index contributed by atoms with van der Waals surface area (Å²) < 4.78 is 25.9. The Morgan fingerprint density at radius 3 is 2.70 bits per heavy atom. The topological polar surface area (TPSA) is 104 Å². The number of para-hydroxylation sites is 1. The molecule has 1 aliphatic rings. The third-order valence-corrected chi connectivity index (χ3v) is 5.15. The molecule has 2 rings (SSSR count). The normalized spacial score (nSPS) is 18.5. The van der Waals surface area contributed by atoms with Crippen molar-refractivity contribution < 1.29 is 23.1 Å². The number of benzene rings is 1. The van der Waals surface area contributed by atoms with Crippen LogP contribution in [0.4, 0.5) is 5.69 Å². The lowest BCUT2D eigenvalue weighted by atomic mass is 9.97. The third kappa shape index (κ3) is 4.22. The van der Waals surface area contributed by atoms with Gasteiger partial charge in [0.15, 0.2) is 0 Å². The number of amides is 1. The van der Waals surface area contributed by atoms with E-state index >= 15 is 0 Å². The molecule has 23 heavy (non-hydrogen) atoms. The lowest BCUT2D eigenvalue weighted by Crippen LogP contribution is -2.42. The van der Waals surface area contributed by atoms with Crippen LogP contribution in [0.1, 0.15) is 30.1 Å². The molecule has 8 heteroatoms. The third-order valence-electron chi connectivity index (χ3n) is 3.86. The van der Waals surface area contributed by atoms with E-state index in [2.05, 4.69) is 4.72 Å². The number of carboxylic acid groups (broad SMARTS) is 1. The largest absolute Gasteiger partial charge is 0.481 e. The first-order chi connectivity index (χ1) is 10.8. The van der Waals surface area contributed by atoms with E-state index in [0.29, 0.717) is 19.4 Å². The summed E-state index contributed by atoms with van der Waals surface area (Å²) in [5, 5.41) is 9.12. The fraction of sp³-hybridized carbons (Fsp3) is 0.467. The van der Waals surface area contributed by atoms with Crippen LogP contribution in [0.25, 0.3) is 0 Å². The van der Waals surface area contributed by atoms with Gasteiger partial charge < -0.3 is 10.0 Å². The Kier molecular flexibility index (Phi) is 5.25. The molecular weight excluding hydrogens is 320 g/mol. The molecule has 1 saturated heterocycles. The van der Waals surface area contributed by atoms with Crippen molar-refractivity contribution in [2.24, 2.45) is 5.92 Å². The highest BCUT2D eigenvalue weighted by molar-refractivity contribution is 7.92. The second kappa shape index (κ2) is 6.99. The summed E-state index contributed by atoms with van der Waals surface area (Å²) >= 11 is 0. The predicted octanol–water partition coefficient (Wildman–Crippen LogP) is 1.39. The van der Waals surface area contributed by atoms with E-state index in [9.17, 15) is 18.0 Å². The Hall–Kier alpha value is -2.09. The van der Waals surface area contributed by atoms with Gasteiger partial charge in [0.25, 0.3) is 5.91 Å². The molecule has 1 aromatic rings. The average Bonchev–Trinajstić information content (AvgIpc) is 2.54. The molecule has 7 nitrogen and oxygen atoms in total. The van der Waals surface area contributed by atoms with E-state index in [4.69, 9.17) is 5.11 Å². The van der Waals surface area contributed by atoms with Crippen molar-refractivity contribution in [2.45, 2.75) is 19.8 Å². The summed E-state index contributed by atoms with van der Waals surface area (Å²) in [5.74, 6) is -1.94. The zero-order valence-electron chi connectivity index (χ0n) is 12.9. The molecule has 0 spiro atoms. The number of carbonyl (C=O) groups excluding carboxylic acids is 1. The van der Waals surface area contributed by atoms with Crippen molar-refractivity contribution in [1.29, 1.82) is 0 Å². The van der Waals surface area contributed by atoms with Crippen molar-refractivity contribution in [3.63, 3.8) is 0 Å². The second-order valence-electron chi connectivity index (χ2n) is 5.48. The number of nitrogens with zero attached hydrogens (tertiary/aromatic N) is 1. The molecule has 1 aliphatic heterocycles. The van der Waals surface area contributed by atoms with E-state index in [1.165, 1.54) is 17.9 Å². The number of aliphatic carboxylic acids is 1. The van der Waals surface area contributed by atoms with Crippen molar-refractivity contribution in [2.75, 3.05) is 23.6 Å². The Bertz CT molecular complexity index is 702. The number of rotatable bonds is 5. The van der Waals surface area contributed by atoms with Crippen LogP contribution >= 0.6 is 0 Å². The SMILES string of the molecule is CCS(=O)(=O)Nc1ccccc1C(=O)N1CCCC(C(=O)O)C1. The molecule has 0 bridgehead atoms. The van der Waals surface area contributed by atoms with Gasteiger partial charge in [0.1, 0.15) is 0 Å². The second-order valence-corrected chi connectivity index (χ2v) is 7.49. The van der Waals surface area contributed by atoms with Gasteiger partial charge in [-0.15, -0.1) is 0 Å². The van der Waals surface area contributed by atoms with Gasteiger partial charge in [0.2, 0.25) is 10.0 Å². The maximum atomic E-state index is 12.7. The number of sulfonamides is 1. The number of nitrogens with one attached hydrogen (secondary N) is 1. The molecule has 126 valence electrons. The van der Waals surface area contributed by atoms with Crippen LogP contribution in [-0.2, 0) is 14.8 Å². The van der Waals surface area contributed by atoms with Gasteiger partial charge in [-0.2, -0.15) is 0 Å². The van der Waals surface area contributed by atoms with Gasteiger partial charge in [-0.1, -0.05) is 12.1 Å². The van der Waals surface area contributed by atoms with E-state index in [-0.39, 0.29) is 29.5 Å². The van der Waals surface area contributed by atoms with Crippen LogP contribution in [0.15, 0.2) is 24.3 Å². The predicted molar refractivity (Wildman–Crippen MR) is 85.8 cm³/mol. The highest BCUT2D eigenvalue weighted by atomic mass is 32.2. The van der Waals surface area contributed by atoms with E-state index in [1.807, 2.05) is 0 Å². The molecule has 2 N–H and O–H groups in total. The lowest BCUT2D eigenvalue weighted by molar-refractivity contribution is -0.143. The Labute approximate surface area is 135 Å². The Morgan fingerprint density at radius 1 is 1.35 bits per heavy atom. The quantitative estimate of drug-likeness (QED) is 0.843. The fourth-order valence-electron chi connectivity index (χ4n) is 2.53. The van der Waals surface area contributed by atoms with Crippen LogP contribution in [0.2, 0.25) is 0 Å². The van der Waals surface area contributed by atoms with Gasteiger partial charge in [-0.05, 0) is 31.9 Å². The minimum absolute atomic E-state index is 0.0969. The van der Waals surface area contributed by atoms with Crippen molar-refractivity contribution in [1.82, 2.24) is 4.90 Å². The molecule has 0 aromatic heterocycles. The smallest absolute Gasteiger partial charge is 0.308 e. The molecule has 1 atom stereocenters. The lowest BCUT2D eigenvalue weighted by Gasteiger charge is -2.31. The van der Waals surface area contributed by atoms with Gasteiger partial charge >= 0.3 is 5.97 Å². The van der Waals surface area contributed by atoms with Crippen molar-refractivity contribution in [3.8, 4) is 0 Å². The van der Waals surface area contributed by atoms with Crippen LogP contribution in [0.5, 0.6) is 0 Å². The van der Waals surface area contributed by atoms with Crippen molar-refractivity contribution >= 4 is 27.6 Å². The summed E-state index contributed by atoms with van der Waals surface area (Å²) in [6, 6.07) is 6.36. The van der Waals surface area contributed by atoms with E-state index < -0.39 is 21.9 Å². The van der Waals surface area contributed by atoms with Gasteiger partial charge in [0, 0.05) is 13.1 Å². The Balaban J connectivity index is 2.24. The number of hydrogen-bond donors (Lipinski definition) is 2. The highest BCUT2D eigenvalue weighted by Gasteiger charge is 2.29. The van der Waals surface area contributed by atoms with Crippen LogP contribution in [0, 0.1) is 5.92 Å². The molecule has 1 fully saturated rings. The number of carboxylic acids is 1. The van der Waals surface area contributed by atoms with Gasteiger partial charge in [-0.3, -0.25) is 14.3 Å². The maximum Gasteiger partial charge on any atom is 0.308 e. The van der Waals surface area contributed by atoms with Crippen LogP contribution in [0.3, 0.4) is 0 Å². The minimum Gasteiger partial charge on any atom is -0.481 e. The van der Waals surface area contributed by atoms with Crippen LogP contribution in [-0.4, -0.2) is 49.1 Å². The summed E-state index contributed by atoms with van der Waals surface area (Å²) in [6.07, 6.45) is 1.16. The molecule has 0 saturated carbocycles. The molecule has 0 aliphatic carbocycles. The zero-order chi connectivity index (χ0) is 17.0. The number of anilines is 1. The first kappa shape index (κ1) is 17.3. The summed E-state index contributed by atoms with van der Waals surface area (Å²) in [5.41, 5.74) is 0.451. The molecule has 1 amide bonds. The van der Waals surface area contributed by atoms with Gasteiger partial charge in [-0.25, -0.2) is 8.42 Å². The van der Waals surface area contributed by atoms with E-state index in [1.54, 1.807) is 18.2 Å². The van der Waals surface area contributed by atoms with Crippen molar-refractivity contribution in [3.05, 3.63) is 29.8 Å². The number of likely N-dealkylation sites (tertiary alicyclic amines) is 1. The molecule has 1 aromatic carbocycles. The number of piperidine rings is 1. The number of hydrogen-bond acceptors (Lipinski definition) is 4. The molecule has 1 unspecified atom stereocenters.